The van der Waals surface area contributed by atoms with Gasteiger partial charge < -0.3 is 10.6 Å². The summed E-state index contributed by atoms with van der Waals surface area (Å²) in [4.78, 5) is 0. The van der Waals surface area contributed by atoms with E-state index in [2.05, 4.69) is 55.7 Å². The molecule has 0 radical (unpaired) electrons. The molecule has 1 fully saturated rings. The third kappa shape index (κ3) is 3.82. The number of hydrogen-bond acceptors (Lipinski definition) is 2. The van der Waals surface area contributed by atoms with Gasteiger partial charge in [0, 0.05) is 18.1 Å². The summed E-state index contributed by atoms with van der Waals surface area (Å²) in [5.41, 5.74) is 2.71. The molecule has 3 atom stereocenters. The molecule has 1 aromatic rings. The normalized spacial score (nSPS) is 22.9. The second kappa shape index (κ2) is 6.35. The first-order valence-corrected chi connectivity index (χ1v) is 7.21. The zero-order valence-electron chi connectivity index (χ0n) is 11.9. The average Bonchev–Trinajstić information content (AvgIpc) is 2.82. The van der Waals surface area contributed by atoms with E-state index >= 15 is 0 Å². The van der Waals surface area contributed by atoms with Crippen LogP contribution in [0.25, 0.3) is 0 Å². The van der Waals surface area contributed by atoms with E-state index in [1.165, 1.54) is 36.9 Å². The Morgan fingerprint density at radius 2 is 2.00 bits per heavy atom. The van der Waals surface area contributed by atoms with Crippen molar-refractivity contribution in [3.05, 3.63) is 35.4 Å². The zero-order chi connectivity index (χ0) is 13.0. The van der Waals surface area contributed by atoms with Gasteiger partial charge in [0.15, 0.2) is 0 Å². The predicted octanol–water partition coefficient (Wildman–Crippen LogP) is 3.18. The standard InChI is InChI=1S/C16H26N2/c1-12-6-8-15(9-7-12)14(3)18-13(2)11-16-5-4-10-17-16/h6-9,13-14,16-18H,4-5,10-11H2,1-3H3/t13?,14-,16?/m0/s1. The number of hydrogen-bond donors (Lipinski definition) is 2. The Morgan fingerprint density at radius 1 is 1.28 bits per heavy atom. The van der Waals surface area contributed by atoms with Crippen molar-refractivity contribution in [1.82, 2.24) is 10.6 Å². The SMILES string of the molecule is Cc1ccc([C@H](C)NC(C)CC2CCCN2)cc1. The summed E-state index contributed by atoms with van der Waals surface area (Å²) in [5.74, 6) is 0. The molecule has 2 N–H and O–H groups in total. The van der Waals surface area contributed by atoms with Crippen LogP contribution in [0.1, 0.15) is 50.3 Å². The van der Waals surface area contributed by atoms with Gasteiger partial charge in [-0.15, -0.1) is 0 Å². The molecule has 1 aromatic carbocycles. The number of aryl methyl sites for hydroxylation is 1. The van der Waals surface area contributed by atoms with Crippen molar-refractivity contribution in [2.24, 2.45) is 0 Å². The molecule has 2 nitrogen and oxygen atoms in total. The molecule has 1 aliphatic rings. The Balaban J connectivity index is 1.82. The lowest BCUT2D eigenvalue weighted by Crippen LogP contribution is -2.35. The fourth-order valence-corrected chi connectivity index (χ4v) is 2.83. The highest BCUT2D eigenvalue weighted by molar-refractivity contribution is 5.23. The van der Waals surface area contributed by atoms with Crippen molar-refractivity contribution < 1.29 is 0 Å². The number of rotatable bonds is 5. The van der Waals surface area contributed by atoms with Gasteiger partial charge in [-0.3, -0.25) is 0 Å². The molecule has 0 bridgehead atoms. The van der Waals surface area contributed by atoms with Crippen molar-refractivity contribution in [2.45, 2.75) is 58.2 Å². The van der Waals surface area contributed by atoms with Crippen LogP contribution in [0.3, 0.4) is 0 Å². The minimum absolute atomic E-state index is 0.432. The Morgan fingerprint density at radius 3 is 2.61 bits per heavy atom. The second-order valence-electron chi connectivity index (χ2n) is 5.73. The molecule has 0 amide bonds. The van der Waals surface area contributed by atoms with E-state index in [4.69, 9.17) is 0 Å². The van der Waals surface area contributed by atoms with Gasteiger partial charge in [0.25, 0.3) is 0 Å². The average molecular weight is 246 g/mol. The molecule has 2 heteroatoms. The summed E-state index contributed by atoms with van der Waals surface area (Å²) >= 11 is 0. The van der Waals surface area contributed by atoms with E-state index in [0.717, 1.165) is 6.04 Å². The molecule has 2 unspecified atom stereocenters. The van der Waals surface area contributed by atoms with E-state index in [0.29, 0.717) is 12.1 Å². The summed E-state index contributed by atoms with van der Waals surface area (Å²) in [5, 5.41) is 7.27. The molecule has 1 heterocycles. The van der Waals surface area contributed by atoms with Crippen LogP contribution in [0.5, 0.6) is 0 Å². The van der Waals surface area contributed by atoms with Gasteiger partial charge in [0.1, 0.15) is 0 Å². The van der Waals surface area contributed by atoms with Crippen molar-refractivity contribution in [3.63, 3.8) is 0 Å². The number of nitrogens with one attached hydrogen (secondary N) is 2. The fourth-order valence-electron chi connectivity index (χ4n) is 2.83. The third-order valence-corrected chi connectivity index (χ3v) is 3.91. The fraction of sp³-hybridized carbons (Fsp3) is 0.625. The van der Waals surface area contributed by atoms with Crippen molar-refractivity contribution in [1.29, 1.82) is 0 Å². The van der Waals surface area contributed by atoms with Gasteiger partial charge in [-0.2, -0.15) is 0 Å². The second-order valence-corrected chi connectivity index (χ2v) is 5.73. The Hall–Kier alpha value is -0.860. The van der Waals surface area contributed by atoms with Gasteiger partial charge in [-0.05, 0) is 52.1 Å². The van der Waals surface area contributed by atoms with E-state index in [1.807, 2.05) is 0 Å². The summed E-state index contributed by atoms with van der Waals surface area (Å²) in [6.07, 6.45) is 3.91. The summed E-state index contributed by atoms with van der Waals surface area (Å²) in [6, 6.07) is 10.6. The molecule has 0 aromatic heterocycles. The molecule has 2 rings (SSSR count). The quantitative estimate of drug-likeness (QED) is 0.834. The highest BCUT2D eigenvalue weighted by atomic mass is 15.0. The highest BCUT2D eigenvalue weighted by Gasteiger charge is 2.18. The lowest BCUT2D eigenvalue weighted by molar-refractivity contribution is 0.407. The van der Waals surface area contributed by atoms with Crippen LogP contribution in [0.2, 0.25) is 0 Å². The van der Waals surface area contributed by atoms with Crippen molar-refractivity contribution in [3.8, 4) is 0 Å². The molecule has 0 spiro atoms. The maximum Gasteiger partial charge on any atom is 0.0294 e. The topological polar surface area (TPSA) is 24.1 Å². The molecular formula is C16H26N2. The van der Waals surface area contributed by atoms with Gasteiger partial charge in [0.2, 0.25) is 0 Å². The molecule has 1 saturated heterocycles. The minimum Gasteiger partial charge on any atom is -0.314 e. The van der Waals surface area contributed by atoms with Gasteiger partial charge in [-0.1, -0.05) is 29.8 Å². The lowest BCUT2D eigenvalue weighted by Gasteiger charge is -2.23. The van der Waals surface area contributed by atoms with Gasteiger partial charge >= 0.3 is 0 Å². The first kappa shape index (κ1) is 13.6. The predicted molar refractivity (Wildman–Crippen MR) is 77.8 cm³/mol. The molecule has 0 saturated carbocycles. The summed E-state index contributed by atoms with van der Waals surface area (Å²) < 4.78 is 0. The Bertz CT molecular complexity index is 352. The van der Waals surface area contributed by atoms with Crippen molar-refractivity contribution >= 4 is 0 Å². The van der Waals surface area contributed by atoms with E-state index < -0.39 is 0 Å². The Labute approximate surface area is 111 Å². The molecule has 18 heavy (non-hydrogen) atoms. The largest absolute Gasteiger partial charge is 0.314 e. The van der Waals surface area contributed by atoms with E-state index in [9.17, 15) is 0 Å². The lowest BCUT2D eigenvalue weighted by atomic mass is 10.0. The van der Waals surface area contributed by atoms with Crippen LogP contribution >= 0.6 is 0 Å². The van der Waals surface area contributed by atoms with Crippen LogP contribution < -0.4 is 10.6 Å². The summed E-state index contributed by atoms with van der Waals surface area (Å²) in [7, 11) is 0. The molecule has 0 aliphatic carbocycles. The zero-order valence-corrected chi connectivity index (χ0v) is 11.9. The van der Waals surface area contributed by atoms with Crippen LogP contribution in [0.4, 0.5) is 0 Å². The van der Waals surface area contributed by atoms with Crippen molar-refractivity contribution in [2.75, 3.05) is 6.54 Å². The van der Waals surface area contributed by atoms with Crippen LogP contribution in [-0.2, 0) is 0 Å². The monoisotopic (exact) mass is 246 g/mol. The first-order chi connectivity index (χ1) is 8.65. The van der Waals surface area contributed by atoms with Gasteiger partial charge in [0.05, 0.1) is 0 Å². The van der Waals surface area contributed by atoms with E-state index in [-0.39, 0.29) is 0 Å². The number of benzene rings is 1. The molecule has 100 valence electrons. The van der Waals surface area contributed by atoms with E-state index in [1.54, 1.807) is 0 Å². The van der Waals surface area contributed by atoms with Crippen LogP contribution in [-0.4, -0.2) is 18.6 Å². The van der Waals surface area contributed by atoms with Gasteiger partial charge in [-0.25, -0.2) is 0 Å². The Kier molecular flexibility index (Phi) is 4.79. The smallest absolute Gasteiger partial charge is 0.0294 e. The molecule has 1 aliphatic heterocycles. The van der Waals surface area contributed by atoms with Crippen LogP contribution in [0.15, 0.2) is 24.3 Å². The first-order valence-electron chi connectivity index (χ1n) is 7.21. The minimum atomic E-state index is 0.432. The van der Waals surface area contributed by atoms with Crippen LogP contribution in [0, 0.1) is 6.92 Å². The highest BCUT2D eigenvalue weighted by Crippen LogP contribution is 2.16. The maximum atomic E-state index is 3.70. The maximum absolute atomic E-state index is 3.70. The molecular weight excluding hydrogens is 220 g/mol. The third-order valence-electron chi connectivity index (χ3n) is 3.91. The summed E-state index contributed by atoms with van der Waals surface area (Å²) in [6.45, 7) is 7.88.